The van der Waals surface area contributed by atoms with Crippen molar-refractivity contribution >= 4 is 35.5 Å². The van der Waals surface area contributed by atoms with Crippen molar-refractivity contribution in [2.24, 2.45) is 5.10 Å². The predicted octanol–water partition coefficient (Wildman–Crippen LogP) is 3.89. The third-order valence-electron chi connectivity index (χ3n) is 4.60. The normalized spacial score (nSPS) is 10.9. The molecule has 11 heteroatoms. The molecule has 9 nitrogen and oxygen atoms in total. The average molecular weight is 490 g/mol. The van der Waals surface area contributed by atoms with Gasteiger partial charge < -0.3 is 18.8 Å². The molecule has 3 aromatic rings. The summed E-state index contributed by atoms with van der Waals surface area (Å²) >= 11 is 7.25. The van der Waals surface area contributed by atoms with Gasteiger partial charge in [0, 0.05) is 28.8 Å². The number of ether oxygens (including phenoxy) is 3. The van der Waals surface area contributed by atoms with Gasteiger partial charge in [-0.25, -0.2) is 5.43 Å². The Labute approximate surface area is 201 Å². The number of benzene rings is 2. The van der Waals surface area contributed by atoms with Gasteiger partial charge in [0.25, 0.3) is 5.91 Å². The fraction of sp³-hybridized carbons (Fsp3) is 0.273. The molecule has 0 radical (unpaired) electrons. The van der Waals surface area contributed by atoms with Crippen LogP contribution in [0, 0.1) is 0 Å². The van der Waals surface area contributed by atoms with Crippen LogP contribution in [0.5, 0.6) is 17.2 Å². The van der Waals surface area contributed by atoms with E-state index in [-0.39, 0.29) is 11.7 Å². The summed E-state index contributed by atoms with van der Waals surface area (Å²) in [5, 5.41) is 13.8. The van der Waals surface area contributed by atoms with Gasteiger partial charge in [-0.3, -0.25) is 4.79 Å². The van der Waals surface area contributed by atoms with Crippen molar-refractivity contribution in [3.63, 3.8) is 0 Å². The lowest BCUT2D eigenvalue weighted by Gasteiger charge is -2.11. The van der Waals surface area contributed by atoms with Gasteiger partial charge in [-0.2, -0.15) is 5.10 Å². The molecule has 0 atom stereocenters. The minimum absolute atomic E-state index is 0.124. The third kappa shape index (κ3) is 5.96. The van der Waals surface area contributed by atoms with Crippen molar-refractivity contribution in [3.05, 3.63) is 47.0 Å². The molecule has 0 saturated heterocycles. The topological polar surface area (TPSA) is 99.9 Å². The summed E-state index contributed by atoms with van der Waals surface area (Å²) in [7, 11) is 4.62. The minimum atomic E-state index is -0.283. The van der Waals surface area contributed by atoms with Crippen molar-refractivity contribution in [1.29, 1.82) is 0 Å². The molecular formula is C22H24ClN5O4S. The van der Waals surface area contributed by atoms with E-state index in [9.17, 15) is 4.79 Å². The van der Waals surface area contributed by atoms with Crippen LogP contribution in [0.15, 0.2) is 46.7 Å². The first kappa shape index (κ1) is 24.4. The molecule has 2 aromatic carbocycles. The van der Waals surface area contributed by atoms with Gasteiger partial charge in [0.2, 0.25) is 0 Å². The molecule has 1 N–H and O–H groups in total. The Morgan fingerprint density at radius 1 is 1.09 bits per heavy atom. The van der Waals surface area contributed by atoms with E-state index >= 15 is 0 Å². The zero-order valence-corrected chi connectivity index (χ0v) is 20.2. The molecule has 174 valence electrons. The molecule has 0 spiro atoms. The van der Waals surface area contributed by atoms with Crippen LogP contribution in [-0.2, 0) is 11.3 Å². The van der Waals surface area contributed by atoms with Crippen molar-refractivity contribution in [2.75, 3.05) is 27.1 Å². The van der Waals surface area contributed by atoms with E-state index in [0.29, 0.717) is 39.5 Å². The smallest absolute Gasteiger partial charge is 0.250 e. The van der Waals surface area contributed by atoms with Gasteiger partial charge in [-0.05, 0) is 37.3 Å². The zero-order chi connectivity index (χ0) is 23.8. The highest BCUT2D eigenvalue weighted by Gasteiger charge is 2.15. The van der Waals surface area contributed by atoms with E-state index in [1.54, 1.807) is 31.4 Å². The molecule has 0 aliphatic carbocycles. The van der Waals surface area contributed by atoms with Crippen molar-refractivity contribution in [3.8, 4) is 28.6 Å². The number of amides is 1. The lowest BCUT2D eigenvalue weighted by atomic mass is 10.2. The zero-order valence-electron chi connectivity index (χ0n) is 18.7. The molecule has 0 unspecified atom stereocenters. The van der Waals surface area contributed by atoms with Crippen molar-refractivity contribution in [1.82, 2.24) is 20.2 Å². The maximum atomic E-state index is 12.3. The Morgan fingerprint density at radius 3 is 2.39 bits per heavy atom. The molecule has 0 saturated carbocycles. The molecule has 3 rings (SSSR count). The second kappa shape index (κ2) is 11.6. The lowest BCUT2D eigenvalue weighted by Crippen LogP contribution is -2.20. The Morgan fingerprint density at radius 2 is 1.76 bits per heavy atom. The van der Waals surface area contributed by atoms with E-state index in [0.717, 1.165) is 11.4 Å². The number of methoxy groups -OCH3 is 3. The monoisotopic (exact) mass is 489 g/mol. The van der Waals surface area contributed by atoms with E-state index in [4.69, 9.17) is 25.8 Å². The van der Waals surface area contributed by atoms with Crippen LogP contribution in [0.2, 0.25) is 5.02 Å². The highest BCUT2D eigenvalue weighted by Crippen LogP contribution is 2.33. The number of aromatic nitrogens is 3. The number of hydrazone groups is 1. The Bertz CT molecular complexity index is 1130. The van der Waals surface area contributed by atoms with Crippen LogP contribution in [0.1, 0.15) is 12.5 Å². The third-order valence-corrected chi connectivity index (χ3v) is 5.82. The van der Waals surface area contributed by atoms with Gasteiger partial charge in [0.15, 0.2) is 22.5 Å². The number of carbonyl (C=O) groups excluding carboxylic acids is 1. The molecule has 0 bridgehead atoms. The average Bonchev–Trinajstić information content (AvgIpc) is 3.25. The summed E-state index contributed by atoms with van der Waals surface area (Å²) in [5.41, 5.74) is 4.04. The van der Waals surface area contributed by atoms with Gasteiger partial charge in [-0.15, -0.1) is 10.2 Å². The van der Waals surface area contributed by atoms with Crippen LogP contribution in [0.3, 0.4) is 0 Å². The summed E-state index contributed by atoms with van der Waals surface area (Å²) in [6.45, 7) is 2.65. The Kier molecular flexibility index (Phi) is 8.56. The highest BCUT2D eigenvalue weighted by molar-refractivity contribution is 7.99. The summed E-state index contributed by atoms with van der Waals surface area (Å²) in [6, 6.07) is 10.8. The second-order valence-corrected chi connectivity index (χ2v) is 7.97. The Hall–Kier alpha value is -3.24. The first-order valence-corrected chi connectivity index (χ1v) is 11.3. The summed E-state index contributed by atoms with van der Waals surface area (Å²) in [4.78, 5) is 12.3. The molecule has 0 aliphatic rings. The Balaban J connectivity index is 1.63. The van der Waals surface area contributed by atoms with Gasteiger partial charge in [0.1, 0.15) is 5.75 Å². The van der Waals surface area contributed by atoms with Crippen LogP contribution in [-0.4, -0.2) is 54.0 Å². The predicted molar refractivity (Wildman–Crippen MR) is 129 cm³/mol. The number of carbonyl (C=O) groups is 1. The number of hydrogen-bond donors (Lipinski definition) is 1. The first-order chi connectivity index (χ1) is 16.0. The second-order valence-electron chi connectivity index (χ2n) is 6.59. The minimum Gasteiger partial charge on any atom is -0.496 e. The van der Waals surface area contributed by atoms with E-state index in [1.807, 2.05) is 23.6 Å². The molecule has 1 amide bonds. The quantitative estimate of drug-likeness (QED) is 0.262. The fourth-order valence-corrected chi connectivity index (χ4v) is 3.90. The number of nitrogens with one attached hydrogen (secondary N) is 1. The van der Waals surface area contributed by atoms with Crippen LogP contribution < -0.4 is 19.6 Å². The summed E-state index contributed by atoms with van der Waals surface area (Å²) in [5.74, 6) is 2.15. The van der Waals surface area contributed by atoms with Crippen LogP contribution >= 0.6 is 23.4 Å². The van der Waals surface area contributed by atoms with E-state index < -0.39 is 0 Å². The van der Waals surface area contributed by atoms with Crippen LogP contribution in [0.4, 0.5) is 0 Å². The first-order valence-electron chi connectivity index (χ1n) is 9.94. The maximum absolute atomic E-state index is 12.3. The molecular weight excluding hydrogens is 466 g/mol. The van der Waals surface area contributed by atoms with E-state index in [1.165, 1.54) is 32.2 Å². The SMILES string of the molecule is CCn1c(SCC(=O)NN=Cc2cc(OC)c(OC)cc2OC)nnc1-c1ccc(Cl)cc1. The van der Waals surface area contributed by atoms with Gasteiger partial charge >= 0.3 is 0 Å². The fourth-order valence-electron chi connectivity index (χ4n) is 2.98. The van der Waals surface area contributed by atoms with Crippen molar-refractivity contribution in [2.45, 2.75) is 18.6 Å². The maximum Gasteiger partial charge on any atom is 0.250 e. The molecule has 1 aromatic heterocycles. The number of halogens is 1. The molecule has 0 aliphatic heterocycles. The number of hydrogen-bond acceptors (Lipinski definition) is 8. The molecule has 1 heterocycles. The van der Waals surface area contributed by atoms with Crippen molar-refractivity contribution < 1.29 is 19.0 Å². The van der Waals surface area contributed by atoms with Gasteiger partial charge in [0.05, 0.1) is 33.3 Å². The summed E-state index contributed by atoms with van der Waals surface area (Å²) in [6.07, 6.45) is 1.48. The summed E-state index contributed by atoms with van der Waals surface area (Å²) < 4.78 is 17.9. The number of rotatable bonds is 10. The molecule has 33 heavy (non-hydrogen) atoms. The molecule has 0 fully saturated rings. The largest absolute Gasteiger partial charge is 0.496 e. The number of nitrogens with zero attached hydrogens (tertiary/aromatic N) is 4. The standard InChI is InChI=1S/C22H24ClN5O4S/c1-5-28-21(14-6-8-16(23)9-7-14)26-27-22(28)33-13-20(29)25-24-12-15-10-18(31-3)19(32-4)11-17(15)30-2/h6-12H,5,13H2,1-4H3,(H,25,29). The lowest BCUT2D eigenvalue weighted by molar-refractivity contribution is -0.118. The van der Waals surface area contributed by atoms with Gasteiger partial charge in [-0.1, -0.05) is 23.4 Å². The highest BCUT2D eigenvalue weighted by atomic mass is 35.5. The number of thioether (sulfide) groups is 1. The van der Waals surface area contributed by atoms with Crippen LogP contribution in [0.25, 0.3) is 11.4 Å². The van der Waals surface area contributed by atoms with E-state index in [2.05, 4.69) is 20.7 Å².